The first kappa shape index (κ1) is 22.6. The van der Waals surface area contributed by atoms with Crippen LogP contribution in [0.2, 0.25) is 0 Å². The Morgan fingerprint density at radius 3 is 2.39 bits per heavy atom. The molecule has 0 bridgehead atoms. The van der Waals surface area contributed by atoms with Crippen molar-refractivity contribution in [2.75, 3.05) is 12.0 Å². The summed E-state index contributed by atoms with van der Waals surface area (Å²) in [5.74, 6) is -1.32. The second-order valence-electron chi connectivity index (χ2n) is 7.35. The Morgan fingerprint density at radius 1 is 1.09 bits per heavy atom. The summed E-state index contributed by atoms with van der Waals surface area (Å²) in [6, 6.07) is 12.7. The lowest BCUT2D eigenvalue weighted by atomic mass is 10.2. The largest absolute Gasteiger partial charge is 0.497 e. The number of hydrogen-bond acceptors (Lipinski definition) is 6. The highest BCUT2D eigenvalue weighted by atomic mass is 32.2. The summed E-state index contributed by atoms with van der Waals surface area (Å²) in [6.07, 6.45) is 2.70. The van der Waals surface area contributed by atoms with Gasteiger partial charge in [-0.15, -0.1) is 0 Å². The molecular formula is C23H20FN3O5S. The Bertz CT molecular complexity index is 1270. The van der Waals surface area contributed by atoms with Crippen LogP contribution in [0, 0.1) is 5.82 Å². The molecule has 1 unspecified atom stereocenters. The highest BCUT2D eigenvalue weighted by Gasteiger charge is 2.47. The van der Waals surface area contributed by atoms with Gasteiger partial charge in [0, 0.05) is 18.9 Å². The number of imide groups is 1. The van der Waals surface area contributed by atoms with Crippen molar-refractivity contribution in [3.63, 3.8) is 0 Å². The summed E-state index contributed by atoms with van der Waals surface area (Å²) in [5, 5.41) is 0. The van der Waals surface area contributed by atoms with E-state index in [1.807, 2.05) is 0 Å². The van der Waals surface area contributed by atoms with Crippen LogP contribution in [-0.4, -0.2) is 42.7 Å². The standard InChI is InChI=1S/C23H20FN3O5S/c1-32-19-8-10-20(11-9-19)33(30,31)26(15-16-3-2-12-25-14-16)21-13-22(28)27(23(21)29)18-6-4-17(24)5-7-18/h2-12,14,21H,13,15H2,1H3. The minimum atomic E-state index is -4.19. The number of amides is 2. The third-order valence-electron chi connectivity index (χ3n) is 5.28. The number of anilines is 1. The molecule has 1 aromatic heterocycles. The first-order chi connectivity index (χ1) is 15.8. The minimum absolute atomic E-state index is 0.0485. The maximum atomic E-state index is 13.6. The summed E-state index contributed by atoms with van der Waals surface area (Å²) < 4.78 is 46.6. The first-order valence-corrected chi connectivity index (χ1v) is 11.4. The van der Waals surface area contributed by atoms with Crippen LogP contribution in [0.5, 0.6) is 5.75 Å². The fourth-order valence-corrected chi connectivity index (χ4v) is 5.19. The molecule has 8 nitrogen and oxygen atoms in total. The molecule has 170 valence electrons. The van der Waals surface area contributed by atoms with Gasteiger partial charge in [-0.05, 0) is 60.2 Å². The predicted molar refractivity (Wildman–Crippen MR) is 117 cm³/mol. The van der Waals surface area contributed by atoms with Gasteiger partial charge in [0.2, 0.25) is 15.9 Å². The van der Waals surface area contributed by atoms with E-state index in [1.165, 1.54) is 49.7 Å². The van der Waals surface area contributed by atoms with E-state index in [-0.39, 0.29) is 23.5 Å². The van der Waals surface area contributed by atoms with Crippen molar-refractivity contribution in [3.8, 4) is 5.75 Å². The van der Waals surface area contributed by atoms with Gasteiger partial charge in [-0.1, -0.05) is 6.07 Å². The number of hydrogen-bond donors (Lipinski definition) is 0. The maximum Gasteiger partial charge on any atom is 0.252 e. The molecule has 33 heavy (non-hydrogen) atoms. The van der Waals surface area contributed by atoms with Crippen LogP contribution >= 0.6 is 0 Å². The number of halogens is 1. The van der Waals surface area contributed by atoms with Crippen LogP contribution in [0.3, 0.4) is 0 Å². The van der Waals surface area contributed by atoms with E-state index in [1.54, 1.807) is 18.3 Å². The third kappa shape index (κ3) is 4.48. The second kappa shape index (κ2) is 9.08. The van der Waals surface area contributed by atoms with Gasteiger partial charge < -0.3 is 4.74 Å². The zero-order valence-electron chi connectivity index (χ0n) is 17.6. The quantitative estimate of drug-likeness (QED) is 0.494. The van der Waals surface area contributed by atoms with Crippen molar-refractivity contribution in [1.82, 2.24) is 9.29 Å². The number of sulfonamides is 1. The molecule has 0 radical (unpaired) electrons. The van der Waals surface area contributed by atoms with Gasteiger partial charge in [-0.25, -0.2) is 17.7 Å². The molecule has 1 aliphatic heterocycles. The molecule has 0 aliphatic carbocycles. The van der Waals surface area contributed by atoms with Crippen molar-refractivity contribution in [2.45, 2.75) is 23.9 Å². The van der Waals surface area contributed by atoms with E-state index in [2.05, 4.69) is 4.98 Å². The monoisotopic (exact) mass is 469 g/mol. The molecule has 1 aliphatic rings. The average molecular weight is 469 g/mol. The van der Waals surface area contributed by atoms with Gasteiger partial charge in [-0.3, -0.25) is 14.6 Å². The zero-order chi connectivity index (χ0) is 23.6. The van der Waals surface area contributed by atoms with Crippen LogP contribution in [0.25, 0.3) is 0 Å². The fraction of sp³-hybridized carbons (Fsp3) is 0.174. The van der Waals surface area contributed by atoms with E-state index < -0.39 is 33.7 Å². The lowest BCUT2D eigenvalue weighted by molar-refractivity contribution is -0.122. The molecule has 4 rings (SSSR count). The van der Waals surface area contributed by atoms with E-state index >= 15 is 0 Å². The Kier molecular flexibility index (Phi) is 6.21. The average Bonchev–Trinajstić information content (AvgIpc) is 3.12. The molecule has 0 spiro atoms. The summed E-state index contributed by atoms with van der Waals surface area (Å²) in [4.78, 5) is 30.9. The van der Waals surface area contributed by atoms with Crippen LogP contribution in [0.4, 0.5) is 10.1 Å². The molecule has 1 saturated heterocycles. The van der Waals surface area contributed by atoms with Gasteiger partial charge in [0.25, 0.3) is 5.91 Å². The number of aromatic nitrogens is 1. The number of carbonyl (C=O) groups is 2. The number of carbonyl (C=O) groups excluding carboxylic acids is 2. The summed E-state index contributed by atoms with van der Waals surface area (Å²) in [5.41, 5.74) is 0.729. The van der Waals surface area contributed by atoms with Crippen LogP contribution < -0.4 is 9.64 Å². The topological polar surface area (TPSA) is 96.9 Å². The van der Waals surface area contributed by atoms with Crippen molar-refractivity contribution < 1.29 is 27.1 Å². The van der Waals surface area contributed by atoms with E-state index in [0.29, 0.717) is 11.3 Å². The maximum absolute atomic E-state index is 13.6. The second-order valence-corrected chi connectivity index (χ2v) is 9.24. The Balaban J connectivity index is 1.73. The van der Waals surface area contributed by atoms with E-state index in [0.717, 1.165) is 21.3 Å². The molecule has 10 heteroatoms. The Labute approximate surface area is 190 Å². The normalized spacial score (nSPS) is 16.5. The van der Waals surface area contributed by atoms with Crippen molar-refractivity contribution >= 4 is 27.5 Å². The summed E-state index contributed by atoms with van der Waals surface area (Å²) in [7, 11) is -2.72. The molecule has 0 N–H and O–H groups in total. The molecule has 2 heterocycles. The van der Waals surface area contributed by atoms with Gasteiger partial charge >= 0.3 is 0 Å². The molecular weight excluding hydrogens is 449 g/mol. The van der Waals surface area contributed by atoms with Crippen molar-refractivity contribution in [2.24, 2.45) is 0 Å². The number of nitrogens with zero attached hydrogens (tertiary/aromatic N) is 3. The fourth-order valence-electron chi connectivity index (χ4n) is 3.62. The van der Waals surface area contributed by atoms with Crippen molar-refractivity contribution in [1.29, 1.82) is 0 Å². The summed E-state index contributed by atoms with van der Waals surface area (Å²) >= 11 is 0. The molecule has 2 aromatic carbocycles. The highest BCUT2D eigenvalue weighted by Crippen LogP contribution is 2.31. The van der Waals surface area contributed by atoms with Gasteiger partial charge in [0.1, 0.15) is 17.6 Å². The van der Waals surface area contributed by atoms with Gasteiger partial charge in [0.15, 0.2) is 0 Å². The number of benzene rings is 2. The third-order valence-corrected chi connectivity index (χ3v) is 7.15. The predicted octanol–water partition coefficient (Wildman–Crippen LogP) is 2.75. The van der Waals surface area contributed by atoms with Crippen LogP contribution in [0.15, 0.2) is 78.0 Å². The van der Waals surface area contributed by atoms with E-state index in [9.17, 15) is 22.4 Å². The van der Waals surface area contributed by atoms with Crippen LogP contribution in [0.1, 0.15) is 12.0 Å². The molecule has 0 saturated carbocycles. The molecule has 2 amide bonds. The number of rotatable bonds is 7. The van der Waals surface area contributed by atoms with Gasteiger partial charge in [-0.2, -0.15) is 4.31 Å². The number of pyridine rings is 1. The number of ether oxygens (including phenoxy) is 1. The lowest BCUT2D eigenvalue weighted by Gasteiger charge is -2.27. The van der Waals surface area contributed by atoms with Gasteiger partial charge in [0.05, 0.1) is 24.1 Å². The SMILES string of the molecule is COc1ccc(S(=O)(=O)N(Cc2cccnc2)C2CC(=O)N(c3ccc(F)cc3)C2=O)cc1. The first-order valence-electron chi connectivity index (χ1n) is 9.98. The summed E-state index contributed by atoms with van der Waals surface area (Å²) in [6.45, 7) is -0.164. The van der Waals surface area contributed by atoms with Crippen LogP contribution in [-0.2, 0) is 26.2 Å². The lowest BCUT2D eigenvalue weighted by Crippen LogP contribution is -2.45. The Hall–Kier alpha value is -3.63. The minimum Gasteiger partial charge on any atom is -0.497 e. The highest BCUT2D eigenvalue weighted by molar-refractivity contribution is 7.89. The van der Waals surface area contributed by atoms with Crippen molar-refractivity contribution in [3.05, 3.63) is 84.4 Å². The zero-order valence-corrected chi connectivity index (χ0v) is 18.4. The molecule has 1 atom stereocenters. The van der Waals surface area contributed by atoms with E-state index in [4.69, 9.17) is 4.74 Å². The molecule has 1 fully saturated rings. The molecule has 3 aromatic rings. The number of methoxy groups -OCH3 is 1. The smallest absolute Gasteiger partial charge is 0.252 e. The Morgan fingerprint density at radius 2 is 1.79 bits per heavy atom.